The summed E-state index contributed by atoms with van der Waals surface area (Å²) in [5.74, 6) is -0.0591. The Morgan fingerprint density at radius 2 is 2.12 bits per heavy atom. The molecule has 0 aliphatic carbocycles. The molecule has 9 heteroatoms. The van der Waals surface area contributed by atoms with Crippen molar-refractivity contribution in [3.8, 4) is 17.0 Å². The largest absolute Gasteiger partial charge is 0.507 e. The molecule has 4 N–H and O–H groups in total. The molecule has 0 radical (unpaired) electrons. The van der Waals surface area contributed by atoms with E-state index in [1.807, 2.05) is 6.92 Å². The van der Waals surface area contributed by atoms with E-state index in [-0.39, 0.29) is 22.8 Å². The lowest BCUT2D eigenvalue weighted by Gasteiger charge is -2.15. The van der Waals surface area contributed by atoms with Crippen molar-refractivity contribution in [1.82, 2.24) is 20.2 Å². The molecule has 0 atom stereocenters. The van der Waals surface area contributed by atoms with Crippen LogP contribution in [0.4, 0.5) is 10.7 Å². The Hall–Kier alpha value is -2.25. The van der Waals surface area contributed by atoms with E-state index in [9.17, 15) is 9.90 Å². The number of hydrogen-bond donors (Lipinski definition) is 3. The minimum atomic E-state index is -0.202. The van der Waals surface area contributed by atoms with Crippen molar-refractivity contribution in [2.24, 2.45) is 0 Å². The highest BCUT2D eigenvalue weighted by molar-refractivity contribution is 6.36. The molecule has 0 unspecified atom stereocenters. The standard InChI is InChI=1S/C15H15Cl2N5O2/c1-2-19-15(24)22-5-8-10(6-22)20-14(18)21-13(8)12-9(17)3-7(16)4-11(12)23/h3-4,23H,2,5-6H2,1H3,(H,19,24)(H2,18,20,21). The third kappa shape index (κ3) is 2.92. The number of urea groups is 1. The zero-order valence-corrected chi connectivity index (χ0v) is 14.3. The summed E-state index contributed by atoms with van der Waals surface area (Å²) >= 11 is 12.1. The first kappa shape index (κ1) is 16.6. The third-order valence-corrected chi connectivity index (χ3v) is 4.20. The number of halogens is 2. The number of phenolic OH excluding ortho intramolecular Hbond substituents is 1. The van der Waals surface area contributed by atoms with Crippen molar-refractivity contribution >= 4 is 35.2 Å². The average molecular weight is 368 g/mol. The van der Waals surface area contributed by atoms with Crippen molar-refractivity contribution in [3.05, 3.63) is 33.4 Å². The van der Waals surface area contributed by atoms with E-state index in [4.69, 9.17) is 28.9 Å². The predicted octanol–water partition coefficient (Wildman–Crippen LogP) is 2.78. The molecule has 0 bridgehead atoms. The molecule has 2 amide bonds. The van der Waals surface area contributed by atoms with Gasteiger partial charge in [0.2, 0.25) is 5.95 Å². The molecule has 1 aromatic carbocycles. The Morgan fingerprint density at radius 3 is 2.79 bits per heavy atom. The van der Waals surface area contributed by atoms with Crippen LogP contribution in [0.5, 0.6) is 5.75 Å². The summed E-state index contributed by atoms with van der Waals surface area (Å²) < 4.78 is 0. The molecule has 24 heavy (non-hydrogen) atoms. The van der Waals surface area contributed by atoms with Gasteiger partial charge in [-0.15, -0.1) is 0 Å². The number of nitrogens with one attached hydrogen (secondary N) is 1. The summed E-state index contributed by atoms with van der Waals surface area (Å²) in [6.45, 7) is 2.98. The van der Waals surface area contributed by atoms with Gasteiger partial charge >= 0.3 is 6.03 Å². The number of fused-ring (bicyclic) bond motifs is 1. The molecule has 7 nitrogen and oxygen atoms in total. The topological polar surface area (TPSA) is 104 Å². The van der Waals surface area contributed by atoms with E-state index < -0.39 is 0 Å². The quantitative estimate of drug-likeness (QED) is 0.756. The molecule has 0 spiro atoms. The molecule has 0 saturated heterocycles. The summed E-state index contributed by atoms with van der Waals surface area (Å²) in [6, 6.07) is 2.69. The Labute approximate surface area is 148 Å². The zero-order chi connectivity index (χ0) is 17.4. The summed E-state index contributed by atoms with van der Waals surface area (Å²) in [5.41, 5.74) is 7.85. The minimum absolute atomic E-state index is 0.0481. The second-order valence-electron chi connectivity index (χ2n) is 5.33. The number of anilines is 1. The molecule has 1 aliphatic heterocycles. The van der Waals surface area contributed by atoms with E-state index in [0.29, 0.717) is 47.2 Å². The van der Waals surface area contributed by atoms with Gasteiger partial charge in [-0.25, -0.2) is 14.8 Å². The number of nitrogens with zero attached hydrogens (tertiary/aromatic N) is 3. The highest BCUT2D eigenvalue weighted by Crippen LogP contribution is 2.41. The first-order valence-electron chi connectivity index (χ1n) is 7.27. The first-order valence-corrected chi connectivity index (χ1v) is 8.02. The Balaban J connectivity index is 2.09. The van der Waals surface area contributed by atoms with Gasteiger partial charge in [-0.05, 0) is 19.1 Å². The van der Waals surface area contributed by atoms with Gasteiger partial charge in [0.1, 0.15) is 5.75 Å². The second kappa shape index (κ2) is 6.33. The molecule has 1 aliphatic rings. The fourth-order valence-corrected chi connectivity index (χ4v) is 3.25. The van der Waals surface area contributed by atoms with Crippen LogP contribution in [0.25, 0.3) is 11.3 Å². The monoisotopic (exact) mass is 367 g/mol. The number of aromatic hydroxyl groups is 1. The van der Waals surface area contributed by atoms with Gasteiger partial charge in [0.25, 0.3) is 0 Å². The fourth-order valence-electron chi connectivity index (χ4n) is 2.68. The van der Waals surface area contributed by atoms with E-state index in [0.717, 1.165) is 0 Å². The van der Waals surface area contributed by atoms with Crippen LogP contribution >= 0.6 is 23.2 Å². The van der Waals surface area contributed by atoms with Crippen molar-refractivity contribution in [2.45, 2.75) is 20.0 Å². The van der Waals surface area contributed by atoms with Crippen LogP contribution in [0.15, 0.2) is 12.1 Å². The molecule has 1 aromatic heterocycles. The number of amides is 2. The summed E-state index contributed by atoms with van der Waals surface area (Å²) in [5, 5.41) is 13.5. The summed E-state index contributed by atoms with van der Waals surface area (Å²) in [7, 11) is 0. The van der Waals surface area contributed by atoms with Gasteiger partial charge in [0.05, 0.1) is 35.1 Å². The predicted molar refractivity (Wildman–Crippen MR) is 91.9 cm³/mol. The van der Waals surface area contributed by atoms with Crippen LogP contribution < -0.4 is 11.1 Å². The highest BCUT2D eigenvalue weighted by atomic mass is 35.5. The molecule has 2 aromatic rings. The van der Waals surface area contributed by atoms with Gasteiger partial charge in [0, 0.05) is 17.1 Å². The molecule has 3 rings (SSSR count). The zero-order valence-electron chi connectivity index (χ0n) is 12.8. The fraction of sp³-hybridized carbons (Fsp3) is 0.267. The number of rotatable bonds is 2. The Morgan fingerprint density at radius 1 is 1.38 bits per heavy atom. The van der Waals surface area contributed by atoms with Crippen LogP contribution in [-0.4, -0.2) is 32.6 Å². The SMILES string of the molecule is CCNC(=O)N1Cc2nc(N)nc(-c3c(O)cc(Cl)cc3Cl)c2C1. The maximum absolute atomic E-state index is 12.1. The van der Waals surface area contributed by atoms with Crippen molar-refractivity contribution in [3.63, 3.8) is 0 Å². The van der Waals surface area contributed by atoms with Crippen molar-refractivity contribution < 1.29 is 9.90 Å². The first-order chi connectivity index (χ1) is 11.4. The molecule has 2 heterocycles. The minimum Gasteiger partial charge on any atom is -0.507 e. The lowest BCUT2D eigenvalue weighted by molar-refractivity contribution is 0.199. The van der Waals surface area contributed by atoms with Crippen LogP contribution in [0, 0.1) is 0 Å². The van der Waals surface area contributed by atoms with E-state index in [2.05, 4.69) is 15.3 Å². The van der Waals surface area contributed by atoms with Gasteiger partial charge in [0.15, 0.2) is 0 Å². The van der Waals surface area contributed by atoms with Gasteiger partial charge < -0.3 is 21.1 Å². The van der Waals surface area contributed by atoms with Crippen molar-refractivity contribution in [2.75, 3.05) is 12.3 Å². The lowest BCUT2D eigenvalue weighted by Crippen LogP contribution is -2.36. The van der Waals surface area contributed by atoms with Crippen LogP contribution in [0.1, 0.15) is 18.2 Å². The van der Waals surface area contributed by atoms with Crippen LogP contribution in [-0.2, 0) is 13.1 Å². The van der Waals surface area contributed by atoms with Gasteiger partial charge in [-0.1, -0.05) is 23.2 Å². The summed E-state index contributed by atoms with van der Waals surface area (Å²) in [6.07, 6.45) is 0. The van der Waals surface area contributed by atoms with E-state index in [1.54, 1.807) is 4.90 Å². The normalized spacial score (nSPS) is 13.0. The number of nitrogens with two attached hydrogens (primary N) is 1. The number of phenols is 1. The number of nitrogen functional groups attached to an aromatic ring is 1. The molecule has 126 valence electrons. The maximum Gasteiger partial charge on any atom is 0.318 e. The second-order valence-corrected chi connectivity index (χ2v) is 6.17. The number of hydrogen-bond acceptors (Lipinski definition) is 5. The third-order valence-electron chi connectivity index (χ3n) is 3.69. The number of carbonyl (C=O) groups is 1. The Kier molecular flexibility index (Phi) is 4.38. The number of benzene rings is 1. The number of aromatic nitrogens is 2. The number of carbonyl (C=O) groups excluding carboxylic acids is 1. The summed E-state index contributed by atoms with van der Waals surface area (Å²) in [4.78, 5) is 22.1. The highest BCUT2D eigenvalue weighted by Gasteiger charge is 2.30. The van der Waals surface area contributed by atoms with Crippen LogP contribution in [0.3, 0.4) is 0 Å². The van der Waals surface area contributed by atoms with E-state index in [1.165, 1.54) is 12.1 Å². The maximum atomic E-state index is 12.1. The van der Waals surface area contributed by atoms with Crippen molar-refractivity contribution in [1.29, 1.82) is 0 Å². The molecular formula is C15H15Cl2N5O2. The lowest BCUT2D eigenvalue weighted by atomic mass is 10.0. The van der Waals surface area contributed by atoms with Gasteiger partial charge in [-0.2, -0.15) is 0 Å². The smallest absolute Gasteiger partial charge is 0.318 e. The Bertz CT molecular complexity index is 805. The van der Waals surface area contributed by atoms with Gasteiger partial charge in [-0.3, -0.25) is 0 Å². The van der Waals surface area contributed by atoms with Crippen LogP contribution in [0.2, 0.25) is 10.0 Å². The molecule has 0 fully saturated rings. The molecule has 0 saturated carbocycles. The van der Waals surface area contributed by atoms with E-state index >= 15 is 0 Å². The molecular weight excluding hydrogens is 353 g/mol. The average Bonchev–Trinajstić information content (AvgIpc) is 2.90.